The van der Waals surface area contributed by atoms with E-state index in [9.17, 15) is 27.6 Å². The second-order valence-corrected chi connectivity index (χ2v) is 4.86. The zero-order valence-corrected chi connectivity index (χ0v) is 12.5. The average Bonchev–Trinajstić information content (AvgIpc) is 2.97. The molecule has 0 saturated carbocycles. The molecule has 2 aromatic rings. The number of nitrogens with zero attached hydrogens (tertiary/aromatic N) is 3. The average molecular weight is 346 g/mol. The van der Waals surface area contributed by atoms with Gasteiger partial charge < -0.3 is 4.74 Å². The Morgan fingerprint density at radius 3 is 2.75 bits per heavy atom. The summed E-state index contributed by atoms with van der Waals surface area (Å²) in [5, 5.41) is 5.17. The quantitative estimate of drug-likeness (QED) is 0.773. The molecular formula is C13H13F3N4O4. The number of aromatic nitrogens is 4. The number of carbonyl (C=O) groups excluding carboxylic acids is 1. The van der Waals surface area contributed by atoms with E-state index in [1.54, 1.807) is 0 Å². The van der Waals surface area contributed by atoms with E-state index in [0.29, 0.717) is 0 Å². The molecule has 8 nitrogen and oxygen atoms in total. The molecule has 0 fully saturated rings. The Labute approximate surface area is 132 Å². The van der Waals surface area contributed by atoms with Gasteiger partial charge in [0.1, 0.15) is 12.2 Å². The van der Waals surface area contributed by atoms with Crippen LogP contribution in [0.4, 0.5) is 13.2 Å². The van der Waals surface area contributed by atoms with Crippen molar-refractivity contribution in [3.8, 4) is 0 Å². The molecule has 0 unspecified atom stereocenters. The number of hydrogen-bond acceptors (Lipinski definition) is 5. The summed E-state index contributed by atoms with van der Waals surface area (Å²) in [5.74, 6) is -0.812. The number of aromatic amines is 1. The second-order valence-electron chi connectivity index (χ2n) is 4.86. The molecule has 0 aromatic carbocycles. The molecule has 1 N–H and O–H groups in total. The van der Waals surface area contributed by atoms with Gasteiger partial charge in [-0.2, -0.15) is 18.3 Å². The third-order valence-corrected chi connectivity index (χ3v) is 3.20. The van der Waals surface area contributed by atoms with Crippen LogP contribution in [0.3, 0.4) is 0 Å². The highest BCUT2D eigenvalue weighted by Gasteiger charge is 2.35. The Morgan fingerprint density at radius 2 is 2.08 bits per heavy atom. The van der Waals surface area contributed by atoms with Gasteiger partial charge in [-0.15, -0.1) is 0 Å². The van der Waals surface area contributed by atoms with Crippen molar-refractivity contribution in [3.05, 3.63) is 50.6 Å². The molecule has 0 bridgehead atoms. The summed E-state index contributed by atoms with van der Waals surface area (Å²) in [7, 11) is 1.25. The number of hydrogen-bond donors (Lipinski definition) is 1. The molecule has 0 saturated heterocycles. The van der Waals surface area contributed by atoms with Gasteiger partial charge in [-0.05, 0) is 0 Å². The SMILES string of the molecule is Cn1c(=O)ccn(CC(=O)OCCc2cn[nH]c2C(F)(F)F)c1=O. The number of halogens is 3. The molecule has 0 aliphatic rings. The number of esters is 1. The molecule has 130 valence electrons. The van der Waals surface area contributed by atoms with Gasteiger partial charge in [0, 0.05) is 31.3 Å². The van der Waals surface area contributed by atoms with Gasteiger partial charge in [-0.3, -0.25) is 23.8 Å². The number of H-pyrrole nitrogens is 1. The van der Waals surface area contributed by atoms with Crippen LogP contribution in [0.15, 0.2) is 28.0 Å². The van der Waals surface area contributed by atoms with Gasteiger partial charge in [-0.25, -0.2) is 4.79 Å². The van der Waals surface area contributed by atoms with Crippen molar-refractivity contribution in [1.29, 1.82) is 0 Å². The summed E-state index contributed by atoms with van der Waals surface area (Å²) in [5.41, 5.74) is -2.35. The Kier molecular flexibility index (Phi) is 4.90. The molecule has 0 atom stereocenters. The summed E-state index contributed by atoms with van der Waals surface area (Å²) in [6, 6.07) is 1.11. The molecule has 0 amide bonds. The minimum absolute atomic E-state index is 0.130. The smallest absolute Gasteiger partial charge is 0.433 e. The molecule has 24 heavy (non-hydrogen) atoms. The molecule has 0 spiro atoms. The monoisotopic (exact) mass is 346 g/mol. The van der Waals surface area contributed by atoms with Crippen molar-refractivity contribution in [1.82, 2.24) is 19.3 Å². The van der Waals surface area contributed by atoms with Gasteiger partial charge in [0.05, 0.1) is 12.8 Å². The Bertz CT molecular complexity index is 850. The van der Waals surface area contributed by atoms with Gasteiger partial charge in [0.2, 0.25) is 0 Å². The minimum Gasteiger partial charge on any atom is -0.464 e. The summed E-state index contributed by atoms with van der Waals surface area (Å²) >= 11 is 0. The maximum atomic E-state index is 12.6. The molecule has 2 aromatic heterocycles. The first-order chi connectivity index (χ1) is 11.2. The van der Waals surface area contributed by atoms with Crippen LogP contribution in [0.1, 0.15) is 11.3 Å². The molecule has 0 radical (unpaired) electrons. The van der Waals surface area contributed by atoms with E-state index in [1.807, 2.05) is 5.10 Å². The standard InChI is InChI=1S/C13H13F3N4O4/c1-19-9(21)2-4-20(12(19)23)7-10(22)24-5-3-8-6-17-18-11(8)13(14,15)16/h2,4,6H,3,5,7H2,1H3,(H,17,18). The lowest BCUT2D eigenvalue weighted by molar-refractivity contribution is -0.144. The first kappa shape index (κ1) is 17.5. The zero-order chi connectivity index (χ0) is 17.9. The normalized spacial score (nSPS) is 11.5. The van der Waals surface area contributed by atoms with Gasteiger partial charge in [-0.1, -0.05) is 0 Å². The maximum Gasteiger partial charge on any atom is 0.433 e. The predicted octanol–water partition coefficient (Wildman–Crippen LogP) is 0.0748. The van der Waals surface area contributed by atoms with E-state index in [-0.39, 0.29) is 18.6 Å². The molecule has 2 heterocycles. The van der Waals surface area contributed by atoms with E-state index in [2.05, 4.69) is 5.10 Å². The molecule has 0 aliphatic carbocycles. The first-order valence-electron chi connectivity index (χ1n) is 6.71. The molecular weight excluding hydrogens is 333 g/mol. The van der Waals surface area contributed by atoms with Crippen molar-refractivity contribution in [3.63, 3.8) is 0 Å². The number of alkyl halides is 3. The third-order valence-electron chi connectivity index (χ3n) is 3.20. The minimum atomic E-state index is -4.57. The van der Waals surface area contributed by atoms with Crippen LogP contribution in [0.25, 0.3) is 0 Å². The van der Waals surface area contributed by atoms with E-state index < -0.39 is 35.6 Å². The first-order valence-corrected chi connectivity index (χ1v) is 6.71. The van der Waals surface area contributed by atoms with Crippen molar-refractivity contribution in [2.24, 2.45) is 7.05 Å². The molecule has 11 heteroatoms. The third kappa shape index (κ3) is 3.91. The van der Waals surface area contributed by atoms with Crippen LogP contribution >= 0.6 is 0 Å². The van der Waals surface area contributed by atoms with Crippen molar-refractivity contribution >= 4 is 5.97 Å². The highest BCUT2D eigenvalue weighted by molar-refractivity contribution is 5.69. The highest BCUT2D eigenvalue weighted by atomic mass is 19.4. The Morgan fingerprint density at radius 1 is 1.38 bits per heavy atom. The van der Waals surface area contributed by atoms with E-state index in [1.165, 1.54) is 7.05 Å². The lowest BCUT2D eigenvalue weighted by Crippen LogP contribution is -2.38. The van der Waals surface area contributed by atoms with E-state index >= 15 is 0 Å². The Hall–Kier alpha value is -2.85. The number of ether oxygens (including phenoxy) is 1. The van der Waals surface area contributed by atoms with Crippen LogP contribution in [0.2, 0.25) is 0 Å². The number of rotatable bonds is 5. The molecule has 2 rings (SSSR count). The fraction of sp³-hybridized carbons (Fsp3) is 0.385. The van der Waals surface area contributed by atoms with Gasteiger partial charge in [0.15, 0.2) is 0 Å². The van der Waals surface area contributed by atoms with Crippen LogP contribution < -0.4 is 11.2 Å². The van der Waals surface area contributed by atoms with Crippen molar-refractivity contribution < 1.29 is 22.7 Å². The summed E-state index contributed by atoms with van der Waals surface area (Å²) in [6.45, 7) is -0.758. The van der Waals surface area contributed by atoms with Crippen molar-refractivity contribution in [2.45, 2.75) is 19.1 Å². The van der Waals surface area contributed by atoms with Gasteiger partial charge in [0.25, 0.3) is 5.56 Å². The van der Waals surface area contributed by atoms with Crippen LogP contribution in [0, 0.1) is 0 Å². The number of nitrogens with one attached hydrogen (secondary N) is 1. The van der Waals surface area contributed by atoms with Crippen LogP contribution in [-0.4, -0.2) is 31.9 Å². The summed E-state index contributed by atoms with van der Waals surface area (Å²) < 4.78 is 44.5. The largest absolute Gasteiger partial charge is 0.464 e. The summed E-state index contributed by atoms with van der Waals surface area (Å²) in [4.78, 5) is 34.6. The fourth-order valence-electron chi connectivity index (χ4n) is 1.94. The predicted molar refractivity (Wildman–Crippen MR) is 74.2 cm³/mol. The second kappa shape index (κ2) is 6.72. The fourth-order valence-corrected chi connectivity index (χ4v) is 1.94. The van der Waals surface area contributed by atoms with Crippen molar-refractivity contribution in [2.75, 3.05) is 6.61 Å². The zero-order valence-electron chi connectivity index (χ0n) is 12.5. The van der Waals surface area contributed by atoms with E-state index in [0.717, 1.165) is 27.6 Å². The molecule has 0 aliphatic heterocycles. The number of carbonyl (C=O) groups is 1. The highest BCUT2D eigenvalue weighted by Crippen LogP contribution is 2.30. The lowest BCUT2D eigenvalue weighted by atomic mass is 10.2. The van der Waals surface area contributed by atoms with Gasteiger partial charge >= 0.3 is 17.8 Å². The maximum absolute atomic E-state index is 12.6. The van der Waals surface area contributed by atoms with E-state index in [4.69, 9.17) is 4.74 Å². The Balaban J connectivity index is 1.93. The summed E-state index contributed by atoms with van der Waals surface area (Å²) in [6.07, 6.45) is -2.60. The lowest BCUT2D eigenvalue weighted by Gasteiger charge is -2.09. The van der Waals surface area contributed by atoms with Crippen LogP contribution in [-0.2, 0) is 35.7 Å². The van der Waals surface area contributed by atoms with Crippen LogP contribution in [0.5, 0.6) is 0 Å². The topological polar surface area (TPSA) is 99.0 Å².